The molecule has 0 aliphatic rings. The van der Waals surface area contributed by atoms with Crippen molar-refractivity contribution in [2.45, 2.75) is 32.9 Å². The molecule has 2 N–H and O–H groups in total. The van der Waals surface area contributed by atoms with E-state index in [9.17, 15) is 0 Å². The Hall–Kier alpha value is -1.26. The number of ether oxygens (including phenoxy) is 1. The second kappa shape index (κ2) is 7.50. The summed E-state index contributed by atoms with van der Waals surface area (Å²) < 4.78 is 5.41. The van der Waals surface area contributed by atoms with E-state index in [4.69, 9.17) is 4.74 Å². The number of nitrogens with one attached hydrogen (secondary N) is 2. The van der Waals surface area contributed by atoms with Gasteiger partial charge in [-0.3, -0.25) is 0 Å². The lowest BCUT2D eigenvalue weighted by Crippen LogP contribution is -2.38. The lowest BCUT2D eigenvalue weighted by molar-refractivity contribution is 0.400. The highest BCUT2D eigenvalue weighted by molar-refractivity contribution is 5.58. The minimum atomic E-state index is 0.151. The van der Waals surface area contributed by atoms with Gasteiger partial charge in [-0.05, 0) is 52.6 Å². The first-order valence-corrected chi connectivity index (χ1v) is 7.12. The molecule has 0 spiro atoms. The van der Waals surface area contributed by atoms with Crippen LogP contribution in [0, 0.1) is 0 Å². The normalized spacial score (nSPS) is 11.8. The summed E-state index contributed by atoms with van der Waals surface area (Å²) in [5.74, 6) is 0.892. The van der Waals surface area contributed by atoms with Gasteiger partial charge in [-0.2, -0.15) is 0 Å². The van der Waals surface area contributed by atoms with E-state index in [2.05, 4.69) is 62.5 Å². The summed E-state index contributed by atoms with van der Waals surface area (Å²) in [7, 11) is 5.86. The van der Waals surface area contributed by atoms with E-state index < -0.39 is 0 Å². The van der Waals surface area contributed by atoms with Crippen molar-refractivity contribution in [2.24, 2.45) is 0 Å². The Morgan fingerprint density at radius 2 is 1.85 bits per heavy atom. The topological polar surface area (TPSA) is 36.5 Å². The van der Waals surface area contributed by atoms with Gasteiger partial charge in [0, 0.05) is 25.2 Å². The highest BCUT2D eigenvalue weighted by atomic mass is 16.5. The Morgan fingerprint density at radius 1 is 1.15 bits per heavy atom. The zero-order chi connectivity index (χ0) is 15.2. The van der Waals surface area contributed by atoms with E-state index >= 15 is 0 Å². The Bertz CT molecular complexity index is 411. The first kappa shape index (κ1) is 16.8. The summed E-state index contributed by atoms with van der Waals surface area (Å²) in [6.07, 6.45) is 0. The molecule has 0 fully saturated rings. The summed E-state index contributed by atoms with van der Waals surface area (Å²) in [5, 5.41) is 6.91. The smallest absolute Gasteiger partial charge is 0.141 e. The molecule has 0 radical (unpaired) electrons. The molecule has 0 unspecified atom stereocenters. The molecule has 0 saturated heterocycles. The van der Waals surface area contributed by atoms with Crippen LogP contribution in [0.15, 0.2) is 18.2 Å². The third-order valence-electron chi connectivity index (χ3n) is 2.86. The van der Waals surface area contributed by atoms with Crippen molar-refractivity contribution < 1.29 is 4.74 Å². The van der Waals surface area contributed by atoms with Crippen LogP contribution >= 0.6 is 0 Å². The third-order valence-corrected chi connectivity index (χ3v) is 2.86. The largest absolute Gasteiger partial charge is 0.495 e. The van der Waals surface area contributed by atoms with Crippen LogP contribution in [-0.2, 0) is 6.54 Å². The fraction of sp³-hybridized carbons (Fsp3) is 0.625. The third kappa shape index (κ3) is 6.26. The second-order valence-corrected chi connectivity index (χ2v) is 6.38. The first-order valence-electron chi connectivity index (χ1n) is 7.12. The van der Waals surface area contributed by atoms with Gasteiger partial charge in [-0.15, -0.1) is 0 Å². The monoisotopic (exact) mass is 279 g/mol. The van der Waals surface area contributed by atoms with Gasteiger partial charge in [-0.1, -0.05) is 6.07 Å². The van der Waals surface area contributed by atoms with Gasteiger partial charge in [-0.25, -0.2) is 0 Å². The number of benzene rings is 1. The number of hydrogen-bond acceptors (Lipinski definition) is 4. The molecule has 0 heterocycles. The molecule has 20 heavy (non-hydrogen) atoms. The summed E-state index contributed by atoms with van der Waals surface area (Å²) in [5.41, 5.74) is 2.49. The molecule has 0 bridgehead atoms. The van der Waals surface area contributed by atoms with Crippen molar-refractivity contribution in [1.29, 1.82) is 0 Å². The van der Waals surface area contributed by atoms with Gasteiger partial charge in [0.1, 0.15) is 5.75 Å². The molecule has 0 saturated carbocycles. The molecule has 4 heteroatoms. The van der Waals surface area contributed by atoms with Gasteiger partial charge < -0.3 is 20.3 Å². The van der Waals surface area contributed by atoms with Crippen LogP contribution < -0.4 is 15.4 Å². The Balaban J connectivity index is 2.61. The van der Waals surface area contributed by atoms with E-state index in [1.807, 2.05) is 6.07 Å². The predicted octanol–water partition coefficient (Wildman–Crippen LogP) is 2.56. The molecule has 0 amide bonds. The van der Waals surface area contributed by atoms with Crippen LogP contribution in [0.1, 0.15) is 26.3 Å². The lowest BCUT2D eigenvalue weighted by atomic mass is 10.1. The van der Waals surface area contributed by atoms with E-state index in [0.717, 1.165) is 31.1 Å². The highest BCUT2D eigenvalue weighted by Gasteiger charge is 2.08. The maximum absolute atomic E-state index is 5.41. The van der Waals surface area contributed by atoms with Crippen LogP contribution in [0.25, 0.3) is 0 Å². The van der Waals surface area contributed by atoms with Crippen LogP contribution in [0.3, 0.4) is 0 Å². The zero-order valence-electron chi connectivity index (χ0n) is 13.7. The van der Waals surface area contributed by atoms with Crippen LogP contribution in [-0.4, -0.2) is 44.7 Å². The molecular formula is C16H29N3O. The predicted molar refractivity (Wildman–Crippen MR) is 86.6 cm³/mol. The summed E-state index contributed by atoms with van der Waals surface area (Å²) in [6, 6.07) is 6.30. The SMILES string of the molecule is COc1ccc(CN(C)C)cc1NCCNC(C)(C)C. The number of hydrogen-bond donors (Lipinski definition) is 2. The summed E-state index contributed by atoms with van der Waals surface area (Å²) in [4.78, 5) is 2.16. The van der Waals surface area contributed by atoms with E-state index in [-0.39, 0.29) is 5.54 Å². The molecule has 0 aromatic heterocycles. The van der Waals surface area contributed by atoms with Crippen molar-refractivity contribution in [3.05, 3.63) is 23.8 Å². The zero-order valence-corrected chi connectivity index (χ0v) is 13.7. The Labute approximate surface area is 123 Å². The van der Waals surface area contributed by atoms with Gasteiger partial charge in [0.25, 0.3) is 0 Å². The first-order chi connectivity index (χ1) is 9.31. The summed E-state index contributed by atoms with van der Waals surface area (Å²) >= 11 is 0. The maximum atomic E-state index is 5.41. The van der Waals surface area contributed by atoms with Crippen molar-refractivity contribution in [3.63, 3.8) is 0 Å². The van der Waals surface area contributed by atoms with E-state index in [0.29, 0.717) is 0 Å². The fourth-order valence-corrected chi connectivity index (χ4v) is 1.99. The van der Waals surface area contributed by atoms with Gasteiger partial charge in [0.15, 0.2) is 0 Å². The molecule has 0 atom stereocenters. The molecule has 0 aliphatic carbocycles. The van der Waals surface area contributed by atoms with Crippen molar-refractivity contribution in [3.8, 4) is 5.75 Å². The Kier molecular flexibility index (Phi) is 6.30. The van der Waals surface area contributed by atoms with Crippen LogP contribution in [0.4, 0.5) is 5.69 Å². The molecular weight excluding hydrogens is 250 g/mol. The molecule has 1 rings (SSSR count). The maximum Gasteiger partial charge on any atom is 0.141 e. The minimum absolute atomic E-state index is 0.151. The number of anilines is 1. The summed E-state index contributed by atoms with van der Waals surface area (Å²) in [6.45, 7) is 9.24. The van der Waals surface area contributed by atoms with Crippen molar-refractivity contribution in [2.75, 3.05) is 39.6 Å². The molecule has 1 aromatic carbocycles. The van der Waals surface area contributed by atoms with E-state index in [1.165, 1.54) is 5.56 Å². The molecule has 0 aliphatic heterocycles. The fourth-order valence-electron chi connectivity index (χ4n) is 1.99. The van der Waals surface area contributed by atoms with Gasteiger partial charge in [0.2, 0.25) is 0 Å². The second-order valence-electron chi connectivity index (χ2n) is 6.38. The molecule has 114 valence electrons. The van der Waals surface area contributed by atoms with Gasteiger partial charge in [0.05, 0.1) is 12.8 Å². The van der Waals surface area contributed by atoms with Crippen molar-refractivity contribution >= 4 is 5.69 Å². The molecule has 1 aromatic rings. The van der Waals surface area contributed by atoms with Crippen LogP contribution in [0.5, 0.6) is 5.75 Å². The van der Waals surface area contributed by atoms with Crippen LogP contribution in [0.2, 0.25) is 0 Å². The highest BCUT2D eigenvalue weighted by Crippen LogP contribution is 2.25. The Morgan fingerprint density at radius 3 is 2.40 bits per heavy atom. The lowest BCUT2D eigenvalue weighted by Gasteiger charge is -2.21. The minimum Gasteiger partial charge on any atom is -0.495 e. The quantitative estimate of drug-likeness (QED) is 0.752. The average Bonchev–Trinajstić information content (AvgIpc) is 2.33. The standard InChI is InChI=1S/C16H29N3O/c1-16(2,3)18-10-9-17-14-11-13(12-19(4)5)7-8-15(14)20-6/h7-8,11,17-18H,9-10,12H2,1-6H3. The average molecular weight is 279 g/mol. The van der Waals surface area contributed by atoms with Gasteiger partial charge >= 0.3 is 0 Å². The van der Waals surface area contributed by atoms with Crippen molar-refractivity contribution in [1.82, 2.24) is 10.2 Å². The number of rotatable bonds is 7. The molecule has 4 nitrogen and oxygen atoms in total. The number of nitrogens with zero attached hydrogens (tertiary/aromatic N) is 1. The van der Waals surface area contributed by atoms with E-state index in [1.54, 1.807) is 7.11 Å². The number of methoxy groups -OCH3 is 1.